The van der Waals surface area contributed by atoms with Gasteiger partial charge < -0.3 is 10.1 Å². The molecule has 45 heavy (non-hydrogen) atoms. The lowest BCUT2D eigenvalue weighted by molar-refractivity contribution is -0.274. The minimum absolute atomic E-state index is 0.108. The van der Waals surface area contributed by atoms with Crippen molar-refractivity contribution in [3.8, 4) is 22.8 Å². The van der Waals surface area contributed by atoms with Crippen LogP contribution in [0, 0.1) is 19.3 Å². The number of aromatic nitrogens is 3. The zero-order valence-electron chi connectivity index (χ0n) is 25.1. The first-order valence-corrected chi connectivity index (χ1v) is 15.0. The highest BCUT2D eigenvalue weighted by Crippen LogP contribution is 2.32. The van der Waals surface area contributed by atoms with Crippen molar-refractivity contribution < 1.29 is 27.5 Å². The van der Waals surface area contributed by atoms with Crippen LogP contribution in [0.3, 0.4) is 0 Å². The number of thioether (sulfide) groups is 1. The number of nitrogens with zero attached hydrogens (tertiary/aromatic N) is 5. The molecule has 1 aliphatic rings. The minimum atomic E-state index is -4.76. The molecule has 4 aromatic rings. The van der Waals surface area contributed by atoms with E-state index < -0.39 is 12.4 Å². The highest BCUT2D eigenvalue weighted by molar-refractivity contribution is 8.15. The van der Waals surface area contributed by atoms with Crippen LogP contribution in [0.15, 0.2) is 78.0 Å². The maximum absolute atomic E-state index is 12.8. The number of urea groups is 1. The molecule has 0 spiro atoms. The fraction of sp³-hybridized carbons (Fsp3) is 0.281. The topological polar surface area (TPSA) is 102 Å². The molecule has 1 saturated heterocycles. The Morgan fingerprint density at radius 2 is 1.69 bits per heavy atom. The molecule has 1 N–H and O–H groups in total. The van der Waals surface area contributed by atoms with Gasteiger partial charge in [-0.05, 0) is 66.6 Å². The van der Waals surface area contributed by atoms with E-state index in [0.717, 1.165) is 27.9 Å². The Labute approximate surface area is 262 Å². The van der Waals surface area contributed by atoms with Gasteiger partial charge in [0.2, 0.25) is 5.91 Å². The third-order valence-electron chi connectivity index (χ3n) is 7.07. The molecule has 0 aliphatic carbocycles. The molecular weight excluding hydrogens is 605 g/mol. The quantitative estimate of drug-likeness (QED) is 0.227. The van der Waals surface area contributed by atoms with Gasteiger partial charge in [0, 0.05) is 12.1 Å². The third kappa shape index (κ3) is 7.90. The number of amidine groups is 1. The van der Waals surface area contributed by atoms with E-state index in [0.29, 0.717) is 29.6 Å². The molecule has 0 bridgehead atoms. The number of carbonyl (C=O) groups is 2. The summed E-state index contributed by atoms with van der Waals surface area (Å²) in [4.78, 5) is 35.6. The summed E-state index contributed by atoms with van der Waals surface area (Å²) in [5.74, 6) is 0.261. The van der Waals surface area contributed by atoms with Crippen LogP contribution in [-0.4, -0.2) is 50.5 Å². The molecule has 5 rings (SSSR count). The maximum atomic E-state index is 12.8. The standard InChI is InChI=1S/C32H31F3N6O3S/c1-20-6-5-7-21(2)27(20)41-26(42)17-45-30(41)38-29(43)36-18-31(3,4)16-22-8-10-23(11-9-22)28-37-19-40(39-28)24-12-14-25(15-13-24)44-32(33,34)35/h5-15,19H,16-18H2,1-4H3,(H,36,43). The monoisotopic (exact) mass is 636 g/mol. The highest BCUT2D eigenvalue weighted by atomic mass is 32.2. The molecule has 0 unspecified atom stereocenters. The summed E-state index contributed by atoms with van der Waals surface area (Å²) in [7, 11) is 0. The molecule has 13 heteroatoms. The average molecular weight is 637 g/mol. The van der Waals surface area contributed by atoms with Gasteiger partial charge in [-0.25, -0.2) is 14.5 Å². The van der Waals surface area contributed by atoms with Gasteiger partial charge in [-0.2, -0.15) is 4.99 Å². The number of hydrogen-bond acceptors (Lipinski definition) is 6. The number of para-hydroxylation sites is 1. The third-order valence-corrected chi connectivity index (χ3v) is 7.99. The summed E-state index contributed by atoms with van der Waals surface area (Å²) in [6, 6.07) is 18.4. The first-order chi connectivity index (χ1) is 21.3. The second kappa shape index (κ2) is 12.8. The van der Waals surface area contributed by atoms with E-state index in [2.05, 4.69) is 25.1 Å². The first-order valence-electron chi connectivity index (χ1n) is 14.0. The van der Waals surface area contributed by atoms with E-state index >= 15 is 0 Å². The second-order valence-electron chi connectivity index (χ2n) is 11.4. The second-order valence-corrected chi connectivity index (χ2v) is 12.3. The van der Waals surface area contributed by atoms with Gasteiger partial charge >= 0.3 is 12.4 Å². The van der Waals surface area contributed by atoms with E-state index in [4.69, 9.17) is 0 Å². The number of anilines is 1. The van der Waals surface area contributed by atoms with Crippen molar-refractivity contribution in [2.45, 2.75) is 40.5 Å². The number of aliphatic imine (C=N–C) groups is 1. The smallest absolute Gasteiger partial charge is 0.406 e. The van der Waals surface area contributed by atoms with E-state index in [1.807, 2.05) is 70.2 Å². The summed E-state index contributed by atoms with van der Waals surface area (Å²) < 4.78 is 42.7. The Balaban J connectivity index is 1.18. The van der Waals surface area contributed by atoms with Gasteiger partial charge in [0.25, 0.3) is 0 Å². The SMILES string of the molecule is Cc1cccc(C)c1N1C(=O)CSC1=NC(=O)NCC(C)(C)Cc1ccc(-c2ncn(-c3ccc(OC(F)(F)F)cc3)n2)cc1. The molecule has 1 fully saturated rings. The van der Waals surface area contributed by atoms with Gasteiger partial charge in [-0.1, -0.05) is 68.1 Å². The van der Waals surface area contributed by atoms with E-state index in [9.17, 15) is 22.8 Å². The zero-order chi connectivity index (χ0) is 32.4. The summed E-state index contributed by atoms with van der Waals surface area (Å²) in [5, 5.41) is 7.70. The first kappa shape index (κ1) is 31.8. The van der Waals surface area contributed by atoms with E-state index in [1.165, 1.54) is 51.9 Å². The number of aryl methyl sites for hydroxylation is 2. The van der Waals surface area contributed by atoms with Crippen LogP contribution >= 0.6 is 11.8 Å². The molecule has 3 aromatic carbocycles. The number of nitrogens with one attached hydrogen (secondary N) is 1. The number of alkyl halides is 3. The number of amides is 3. The minimum Gasteiger partial charge on any atom is -0.406 e. The summed E-state index contributed by atoms with van der Waals surface area (Å²) in [6.45, 7) is 8.30. The van der Waals surface area contributed by atoms with Crippen molar-refractivity contribution in [1.29, 1.82) is 0 Å². The normalized spacial score (nSPS) is 14.7. The number of halogens is 3. The average Bonchev–Trinajstić information content (AvgIpc) is 3.60. The molecular formula is C32H31F3N6O3S. The Kier molecular flexibility index (Phi) is 9.01. The van der Waals surface area contributed by atoms with Crippen molar-refractivity contribution in [3.63, 3.8) is 0 Å². The Bertz CT molecular complexity index is 1710. The van der Waals surface area contributed by atoms with Crippen molar-refractivity contribution >= 4 is 34.6 Å². The van der Waals surface area contributed by atoms with Crippen molar-refractivity contribution in [3.05, 3.63) is 89.7 Å². The molecule has 3 amide bonds. The van der Waals surface area contributed by atoms with Crippen LogP contribution in [0.2, 0.25) is 0 Å². The molecule has 9 nitrogen and oxygen atoms in total. The van der Waals surface area contributed by atoms with Crippen molar-refractivity contribution in [1.82, 2.24) is 20.1 Å². The molecule has 234 valence electrons. The van der Waals surface area contributed by atoms with Gasteiger partial charge in [-0.3, -0.25) is 9.69 Å². The zero-order valence-corrected chi connectivity index (χ0v) is 25.9. The Morgan fingerprint density at radius 1 is 1.02 bits per heavy atom. The largest absolute Gasteiger partial charge is 0.573 e. The summed E-state index contributed by atoms with van der Waals surface area (Å²) in [6.07, 6.45) is -2.60. The van der Waals surface area contributed by atoms with Gasteiger partial charge in [0.15, 0.2) is 11.0 Å². The lowest BCUT2D eigenvalue weighted by atomic mass is 9.85. The molecule has 0 radical (unpaired) electrons. The number of carbonyl (C=O) groups excluding carboxylic acids is 2. The van der Waals surface area contributed by atoms with Crippen LogP contribution in [0.25, 0.3) is 17.1 Å². The fourth-order valence-corrected chi connectivity index (χ4v) is 5.82. The number of ether oxygens (including phenoxy) is 1. The maximum Gasteiger partial charge on any atom is 0.573 e. The molecule has 1 aromatic heterocycles. The van der Waals surface area contributed by atoms with Crippen LogP contribution in [0.5, 0.6) is 5.75 Å². The van der Waals surface area contributed by atoms with E-state index in [1.54, 1.807) is 0 Å². The molecule has 2 heterocycles. The Hall–Kier alpha value is -4.65. The number of rotatable bonds is 8. The number of benzene rings is 3. The van der Waals surface area contributed by atoms with Gasteiger partial charge in [0.1, 0.15) is 12.1 Å². The predicted octanol–water partition coefficient (Wildman–Crippen LogP) is 6.86. The predicted molar refractivity (Wildman–Crippen MR) is 168 cm³/mol. The summed E-state index contributed by atoms with van der Waals surface area (Å²) >= 11 is 1.25. The Morgan fingerprint density at radius 3 is 2.33 bits per heavy atom. The van der Waals surface area contributed by atoms with Crippen LogP contribution in [0.4, 0.5) is 23.7 Å². The molecule has 1 aliphatic heterocycles. The lowest BCUT2D eigenvalue weighted by Crippen LogP contribution is -2.36. The van der Waals surface area contributed by atoms with Gasteiger partial charge in [-0.15, -0.1) is 18.3 Å². The lowest BCUT2D eigenvalue weighted by Gasteiger charge is -2.25. The highest BCUT2D eigenvalue weighted by Gasteiger charge is 2.33. The number of hydrogen-bond donors (Lipinski definition) is 1. The van der Waals surface area contributed by atoms with E-state index in [-0.39, 0.29) is 22.8 Å². The molecule has 0 saturated carbocycles. The van der Waals surface area contributed by atoms with Crippen molar-refractivity contribution in [2.24, 2.45) is 10.4 Å². The fourth-order valence-electron chi connectivity index (χ4n) is 4.97. The van der Waals surface area contributed by atoms with Crippen LogP contribution in [-0.2, 0) is 11.2 Å². The molecule has 0 atom stereocenters. The van der Waals surface area contributed by atoms with Crippen LogP contribution < -0.4 is 15.0 Å². The summed E-state index contributed by atoms with van der Waals surface area (Å²) in [5.41, 5.74) is 4.68. The van der Waals surface area contributed by atoms with Crippen molar-refractivity contribution in [2.75, 3.05) is 17.2 Å². The van der Waals surface area contributed by atoms with Crippen LogP contribution in [0.1, 0.15) is 30.5 Å². The van der Waals surface area contributed by atoms with Gasteiger partial charge in [0.05, 0.1) is 17.1 Å².